The van der Waals surface area contributed by atoms with Crippen molar-refractivity contribution in [3.63, 3.8) is 0 Å². The molecule has 0 fully saturated rings. The molecule has 0 atom stereocenters. The molecule has 4 rings (SSSR count). The van der Waals surface area contributed by atoms with Gasteiger partial charge in [-0.1, -0.05) is 84.9 Å². The van der Waals surface area contributed by atoms with Crippen LogP contribution >= 0.6 is 0 Å². The predicted molar refractivity (Wildman–Crippen MR) is 112 cm³/mol. The number of rotatable bonds is 3. The van der Waals surface area contributed by atoms with Crippen LogP contribution in [0.3, 0.4) is 0 Å². The highest BCUT2D eigenvalue weighted by molar-refractivity contribution is 5.92. The predicted octanol–water partition coefficient (Wildman–Crippen LogP) is 6.87. The molecule has 128 valence electrons. The molecule has 0 saturated carbocycles. The Bertz CT molecular complexity index is 1130. The molecule has 0 aromatic heterocycles. The highest BCUT2D eigenvalue weighted by Gasteiger charge is 2.12. The molecule has 0 bridgehead atoms. The summed E-state index contributed by atoms with van der Waals surface area (Å²) in [5, 5.41) is 9.07. The van der Waals surface area contributed by atoms with Crippen molar-refractivity contribution in [3.05, 3.63) is 108 Å². The minimum absolute atomic E-state index is 0.677. The van der Waals surface area contributed by atoms with E-state index >= 15 is 0 Å². The van der Waals surface area contributed by atoms with E-state index in [4.69, 9.17) is 5.26 Å². The second kappa shape index (κ2) is 7.32. The maximum atomic E-state index is 9.07. The molecule has 1 heteroatoms. The molecular weight excluding hydrogens is 326 g/mol. The molecule has 0 amide bonds. The Morgan fingerprint density at radius 2 is 0.963 bits per heavy atom. The summed E-state index contributed by atoms with van der Waals surface area (Å²) in [4.78, 5) is 0. The minimum Gasteiger partial charge on any atom is -0.192 e. The van der Waals surface area contributed by atoms with Crippen LogP contribution in [-0.2, 0) is 0 Å². The molecule has 4 aromatic carbocycles. The molecule has 4 aromatic rings. The van der Waals surface area contributed by atoms with Gasteiger partial charge in [0.05, 0.1) is 11.6 Å². The normalized spacial score (nSPS) is 10.4. The van der Waals surface area contributed by atoms with Crippen LogP contribution in [0.15, 0.2) is 97.1 Å². The third-order valence-electron chi connectivity index (χ3n) is 4.90. The van der Waals surface area contributed by atoms with E-state index in [-0.39, 0.29) is 0 Å². The first kappa shape index (κ1) is 16.8. The molecule has 0 heterocycles. The third-order valence-corrected chi connectivity index (χ3v) is 4.90. The van der Waals surface area contributed by atoms with Crippen LogP contribution < -0.4 is 0 Å². The van der Waals surface area contributed by atoms with Gasteiger partial charge >= 0.3 is 0 Å². The Kier molecular flexibility index (Phi) is 4.56. The number of nitrogens with zero attached hydrogens (tertiary/aromatic N) is 1. The van der Waals surface area contributed by atoms with Gasteiger partial charge < -0.3 is 0 Å². The second-order valence-electron chi connectivity index (χ2n) is 6.60. The van der Waals surface area contributed by atoms with Crippen molar-refractivity contribution in [2.24, 2.45) is 0 Å². The van der Waals surface area contributed by atoms with Gasteiger partial charge in [0.15, 0.2) is 0 Å². The Hall–Kier alpha value is -3.63. The molecule has 1 nitrogen and oxygen atoms in total. The van der Waals surface area contributed by atoms with Crippen molar-refractivity contribution in [1.29, 1.82) is 5.26 Å². The van der Waals surface area contributed by atoms with Crippen molar-refractivity contribution < 1.29 is 0 Å². The molecule has 0 spiro atoms. The highest BCUT2D eigenvalue weighted by atomic mass is 14.2. The largest absolute Gasteiger partial charge is 0.192 e. The fraction of sp³-hybridized carbons (Fsp3) is 0.0385. The summed E-state index contributed by atoms with van der Waals surface area (Å²) in [5.74, 6) is 0. The quantitative estimate of drug-likeness (QED) is 0.397. The summed E-state index contributed by atoms with van der Waals surface area (Å²) < 4.78 is 0. The molecule has 0 aliphatic heterocycles. The summed E-state index contributed by atoms with van der Waals surface area (Å²) in [7, 11) is 0. The molecule has 0 unspecified atom stereocenters. The van der Waals surface area contributed by atoms with Crippen molar-refractivity contribution in [2.75, 3.05) is 0 Å². The second-order valence-corrected chi connectivity index (χ2v) is 6.60. The first-order valence-electron chi connectivity index (χ1n) is 9.03. The average molecular weight is 345 g/mol. The van der Waals surface area contributed by atoms with E-state index in [9.17, 15) is 0 Å². The van der Waals surface area contributed by atoms with E-state index in [0.29, 0.717) is 5.56 Å². The van der Waals surface area contributed by atoms with E-state index in [1.807, 2.05) is 24.3 Å². The monoisotopic (exact) mass is 345 g/mol. The van der Waals surface area contributed by atoms with Crippen molar-refractivity contribution in [2.45, 2.75) is 6.92 Å². The van der Waals surface area contributed by atoms with E-state index in [2.05, 4.69) is 85.8 Å². The number of aryl methyl sites for hydroxylation is 1. The summed E-state index contributed by atoms with van der Waals surface area (Å²) >= 11 is 0. The van der Waals surface area contributed by atoms with Gasteiger partial charge in [-0.2, -0.15) is 5.26 Å². The van der Waals surface area contributed by atoms with Gasteiger partial charge in [0.2, 0.25) is 0 Å². The van der Waals surface area contributed by atoms with Gasteiger partial charge in [0.25, 0.3) is 0 Å². The first-order valence-corrected chi connectivity index (χ1v) is 9.03. The summed E-state index contributed by atoms with van der Waals surface area (Å²) in [5.41, 5.74) is 9.12. The lowest BCUT2D eigenvalue weighted by atomic mass is 9.88. The molecule has 0 saturated heterocycles. The van der Waals surface area contributed by atoms with Crippen LogP contribution in [-0.4, -0.2) is 0 Å². The van der Waals surface area contributed by atoms with Crippen molar-refractivity contribution in [3.8, 4) is 39.4 Å². The maximum Gasteiger partial charge on any atom is 0.0991 e. The van der Waals surface area contributed by atoms with Crippen LogP contribution in [0.2, 0.25) is 0 Å². The fourth-order valence-electron chi connectivity index (χ4n) is 3.52. The molecule has 0 radical (unpaired) electrons. The van der Waals surface area contributed by atoms with Gasteiger partial charge in [-0.05, 0) is 58.0 Å². The minimum atomic E-state index is 0.677. The first-order chi connectivity index (χ1) is 13.3. The Labute approximate surface area is 160 Å². The molecule has 27 heavy (non-hydrogen) atoms. The van der Waals surface area contributed by atoms with Crippen molar-refractivity contribution in [1.82, 2.24) is 0 Å². The van der Waals surface area contributed by atoms with Gasteiger partial charge in [0.1, 0.15) is 0 Å². The molecular formula is C26H19N. The smallest absolute Gasteiger partial charge is 0.0991 e. The SMILES string of the molecule is Cc1ccccc1-c1ccccc1-c1ccccc1-c1ccc(C#N)cc1. The zero-order valence-electron chi connectivity index (χ0n) is 15.2. The summed E-state index contributed by atoms with van der Waals surface area (Å²) in [6.07, 6.45) is 0. The lowest BCUT2D eigenvalue weighted by Crippen LogP contribution is -1.90. The third kappa shape index (κ3) is 3.26. The maximum absolute atomic E-state index is 9.07. The number of benzene rings is 4. The van der Waals surface area contributed by atoms with Gasteiger partial charge in [-0.25, -0.2) is 0 Å². The van der Waals surface area contributed by atoms with E-state index in [1.54, 1.807) is 0 Å². The lowest BCUT2D eigenvalue weighted by molar-refractivity contribution is 1.45. The molecule has 0 aliphatic carbocycles. The van der Waals surface area contributed by atoms with Crippen molar-refractivity contribution >= 4 is 0 Å². The fourth-order valence-corrected chi connectivity index (χ4v) is 3.52. The zero-order valence-corrected chi connectivity index (χ0v) is 15.2. The molecule has 0 aliphatic rings. The highest BCUT2D eigenvalue weighted by Crippen LogP contribution is 2.38. The van der Waals surface area contributed by atoms with Gasteiger partial charge in [0, 0.05) is 0 Å². The van der Waals surface area contributed by atoms with E-state index < -0.39 is 0 Å². The van der Waals surface area contributed by atoms with E-state index in [0.717, 1.165) is 5.56 Å². The summed E-state index contributed by atoms with van der Waals surface area (Å²) in [6.45, 7) is 2.15. The topological polar surface area (TPSA) is 23.8 Å². The molecule has 0 N–H and O–H groups in total. The Balaban J connectivity index is 1.91. The zero-order chi connectivity index (χ0) is 18.6. The van der Waals surface area contributed by atoms with E-state index in [1.165, 1.54) is 33.4 Å². The van der Waals surface area contributed by atoms with Crippen LogP contribution in [0.25, 0.3) is 33.4 Å². The van der Waals surface area contributed by atoms with Gasteiger partial charge in [-0.3, -0.25) is 0 Å². The number of hydrogen-bond donors (Lipinski definition) is 0. The Morgan fingerprint density at radius 1 is 0.519 bits per heavy atom. The van der Waals surface area contributed by atoms with Crippen LogP contribution in [0.1, 0.15) is 11.1 Å². The number of hydrogen-bond acceptors (Lipinski definition) is 1. The standard InChI is InChI=1S/C26H19N/c1-19-8-2-3-9-22(19)24-11-6-7-13-26(24)25-12-5-4-10-23(25)21-16-14-20(18-27)15-17-21/h2-17H,1H3. The van der Waals surface area contributed by atoms with Crippen LogP contribution in [0.4, 0.5) is 0 Å². The van der Waals surface area contributed by atoms with Gasteiger partial charge in [-0.15, -0.1) is 0 Å². The summed E-state index contributed by atoms with van der Waals surface area (Å²) in [6, 6.07) is 35.5. The van der Waals surface area contributed by atoms with Crippen LogP contribution in [0.5, 0.6) is 0 Å². The number of nitriles is 1. The van der Waals surface area contributed by atoms with Crippen LogP contribution in [0, 0.1) is 18.3 Å². The lowest BCUT2D eigenvalue weighted by Gasteiger charge is -2.16. The average Bonchev–Trinajstić information content (AvgIpc) is 2.74. The Morgan fingerprint density at radius 3 is 1.52 bits per heavy atom.